The second-order valence-corrected chi connectivity index (χ2v) is 8.96. The zero-order valence-corrected chi connectivity index (χ0v) is 20.7. The maximum atomic E-state index is 11.6. The topological polar surface area (TPSA) is 68.2 Å². The van der Waals surface area contributed by atoms with Gasteiger partial charge in [-0.25, -0.2) is 12.7 Å². The Bertz CT molecular complexity index is 739. The predicted octanol–water partition coefficient (Wildman–Crippen LogP) is 2.33. The minimum Gasteiger partial charge on any atom is -0.368 e. The minimum absolute atomic E-state index is 0. The van der Waals surface area contributed by atoms with Gasteiger partial charge in [-0.3, -0.25) is 4.99 Å². The lowest BCUT2D eigenvalue weighted by atomic mass is 10.2. The number of guanidine groups is 1. The molecule has 0 amide bonds. The molecule has 1 aliphatic heterocycles. The molecule has 1 heterocycles. The Hall–Kier alpha value is -0.780. The van der Waals surface area contributed by atoms with E-state index in [0.29, 0.717) is 19.6 Å². The zero-order chi connectivity index (χ0) is 19.9. The summed E-state index contributed by atoms with van der Waals surface area (Å²) in [5, 5.41) is 4.10. The molecular formula is C18H31ClIN5O2S. The lowest BCUT2D eigenvalue weighted by Gasteiger charge is -2.37. The molecule has 10 heteroatoms. The highest BCUT2D eigenvalue weighted by Gasteiger charge is 2.20. The van der Waals surface area contributed by atoms with Gasteiger partial charge in [0, 0.05) is 63.6 Å². The van der Waals surface area contributed by atoms with Crippen LogP contribution >= 0.6 is 35.6 Å². The largest absolute Gasteiger partial charge is 0.368 e. The van der Waals surface area contributed by atoms with Crippen molar-refractivity contribution in [2.75, 3.05) is 64.0 Å². The maximum Gasteiger partial charge on any atom is 0.211 e. The number of anilines is 1. The number of sulfonamides is 1. The molecular weight excluding hydrogens is 513 g/mol. The smallest absolute Gasteiger partial charge is 0.211 e. The first-order valence-electron chi connectivity index (χ1n) is 9.26. The van der Waals surface area contributed by atoms with Gasteiger partial charge < -0.3 is 15.1 Å². The Morgan fingerprint density at radius 1 is 1.29 bits per heavy atom. The summed E-state index contributed by atoms with van der Waals surface area (Å²) in [5.41, 5.74) is 1.14. The molecule has 1 aromatic carbocycles. The molecule has 1 saturated heterocycles. The fourth-order valence-electron chi connectivity index (χ4n) is 3.20. The van der Waals surface area contributed by atoms with Crippen molar-refractivity contribution in [3.8, 4) is 0 Å². The normalized spacial score (nSPS) is 15.5. The quantitative estimate of drug-likeness (QED) is 0.247. The van der Waals surface area contributed by atoms with E-state index in [0.717, 1.165) is 49.3 Å². The lowest BCUT2D eigenvalue weighted by molar-refractivity contribution is 0.370. The van der Waals surface area contributed by atoms with E-state index in [-0.39, 0.29) is 24.0 Å². The molecule has 1 fully saturated rings. The summed E-state index contributed by atoms with van der Waals surface area (Å²) >= 11 is 6.09. The number of piperazine rings is 1. The van der Waals surface area contributed by atoms with Crippen molar-refractivity contribution in [3.63, 3.8) is 0 Å². The van der Waals surface area contributed by atoms with Crippen molar-refractivity contribution < 1.29 is 8.42 Å². The van der Waals surface area contributed by atoms with E-state index in [1.165, 1.54) is 10.6 Å². The van der Waals surface area contributed by atoms with Gasteiger partial charge in [0.25, 0.3) is 0 Å². The molecule has 28 heavy (non-hydrogen) atoms. The summed E-state index contributed by atoms with van der Waals surface area (Å²) in [6.07, 6.45) is 1.99. The number of nitrogens with zero attached hydrogens (tertiary/aromatic N) is 4. The van der Waals surface area contributed by atoms with Crippen LogP contribution in [0.3, 0.4) is 0 Å². The molecule has 1 aromatic rings. The molecule has 0 radical (unpaired) electrons. The summed E-state index contributed by atoms with van der Waals surface area (Å²) in [5.74, 6) is 0.864. The average molecular weight is 544 g/mol. The molecule has 7 nitrogen and oxygen atoms in total. The molecule has 0 aliphatic carbocycles. The van der Waals surface area contributed by atoms with E-state index >= 15 is 0 Å². The number of benzene rings is 1. The van der Waals surface area contributed by atoms with E-state index < -0.39 is 10.0 Å². The Labute approximate surface area is 191 Å². The van der Waals surface area contributed by atoms with Gasteiger partial charge in [-0.1, -0.05) is 24.6 Å². The van der Waals surface area contributed by atoms with Gasteiger partial charge >= 0.3 is 0 Å². The summed E-state index contributed by atoms with van der Waals surface area (Å²) in [6.45, 7) is 7.10. The van der Waals surface area contributed by atoms with Crippen LogP contribution < -0.4 is 10.2 Å². The lowest BCUT2D eigenvalue weighted by Crippen LogP contribution is -2.52. The van der Waals surface area contributed by atoms with Gasteiger partial charge in [-0.05, 0) is 24.6 Å². The third-order valence-corrected chi connectivity index (χ3v) is 6.27. The van der Waals surface area contributed by atoms with Crippen LogP contribution in [0.2, 0.25) is 5.02 Å². The van der Waals surface area contributed by atoms with E-state index in [4.69, 9.17) is 11.6 Å². The van der Waals surface area contributed by atoms with Gasteiger partial charge in [0.15, 0.2) is 5.96 Å². The van der Waals surface area contributed by atoms with Crippen LogP contribution in [0, 0.1) is 0 Å². The highest BCUT2D eigenvalue weighted by molar-refractivity contribution is 14.0. The summed E-state index contributed by atoms with van der Waals surface area (Å²) in [7, 11) is -1.35. The van der Waals surface area contributed by atoms with Crippen molar-refractivity contribution in [3.05, 3.63) is 29.3 Å². The fourth-order valence-corrected chi connectivity index (χ4v) is 4.31. The van der Waals surface area contributed by atoms with E-state index in [9.17, 15) is 8.42 Å². The molecule has 160 valence electrons. The van der Waals surface area contributed by atoms with Crippen molar-refractivity contribution in [1.29, 1.82) is 0 Å². The van der Waals surface area contributed by atoms with Crippen LogP contribution in [0.15, 0.2) is 29.3 Å². The van der Waals surface area contributed by atoms with Crippen molar-refractivity contribution in [1.82, 2.24) is 14.5 Å². The second-order valence-electron chi connectivity index (χ2n) is 6.54. The summed E-state index contributed by atoms with van der Waals surface area (Å²) < 4.78 is 24.7. The first kappa shape index (κ1) is 25.3. The van der Waals surface area contributed by atoms with Crippen LogP contribution in [-0.4, -0.2) is 82.7 Å². The fraction of sp³-hybridized carbons (Fsp3) is 0.611. The van der Waals surface area contributed by atoms with E-state index in [1.54, 1.807) is 7.05 Å². The number of halogens is 2. The van der Waals surface area contributed by atoms with Crippen LogP contribution in [0.5, 0.6) is 0 Å². The van der Waals surface area contributed by atoms with Crippen molar-refractivity contribution in [2.24, 2.45) is 4.99 Å². The Morgan fingerprint density at radius 2 is 1.96 bits per heavy atom. The van der Waals surface area contributed by atoms with E-state index in [1.807, 2.05) is 25.1 Å². The van der Waals surface area contributed by atoms with Crippen LogP contribution in [0.4, 0.5) is 5.69 Å². The highest BCUT2D eigenvalue weighted by Crippen LogP contribution is 2.20. The minimum atomic E-state index is -3.13. The highest BCUT2D eigenvalue weighted by atomic mass is 127. The van der Waals surface area contributed by atoms with Gasteiger partial charge in [-0.2, -0.15) is 0 Å². The Morgan fingerprint density at radius 3 is 2.50 bits per heavy atom. The summed E-state index contributed by atoms with van der Waals surface area (Å²) in [6, 6.07) is 7.93. The second kappa shape index (κ2) is 12.0. The average Bonchev–Trinajstić information content (AvgIpc) is 2.64. The van der Waals surface area contributed by atoms with Gasteiger partial charge in [0.1, 0.15) is 0 Å². The van der Waals surface area contributed by atoms with Crippen LogP contribution in [0.1, 0.15) is 13.3 Å². The molecule has 2 rings (SSSR count). The molecule has 1 aliphatic rings. The third kappa shape index (κ3) is 7.57. The Kier molecular flexibility index (Phi) is 10.9. The third-order valence-electron chi connectivity index (χ3n) is 4.65. The first-order valence-corrected chi connectivity index (χ1v) is 11.5. The number of rotatable bonds is 7. The SMILES string of the molecule is CCN(CCCNC(=NC)N1CCN(c2cccc(Cl)c2)CC1)S(C)(=O)=O.I. The number of nitrogens with one attached hydrogen (secondary N) is 1. The zero-order valence-electron chi connectivity index (χ0n) is 16.8. The predicted molar refractivity (Wildman–Crippen MR) is 129 cm³/mol. The van der Waals surface area contributed by atoms with Crippen LogP contribution in [-0.2, 0) is 10.0 Å². The van der Waals surface area contributed by atoms with Crippen molar-refractivity contribution >= 4 is 57.2 Å². The molecule has 0 atom stereocenters. The number of hydrogen-bond acceptors (Lipinski definition) is 4. The summed E-state index contributed by atoms with van der Waals surface area (Å²) in [4.78, 5) is 8.92. The number of hydrogen-bond donors (Lipinski definition) is 1. The van der Waals surface area contributed by atoms with Gasteiger partial charge in [-0.15, -0.1) is 24.0 Å². The molecule has 0 unspecified atom stereocenters. The van der Waals surface area contributed by atoms with E-state index in [2.05, 4.69) is 26.2 Å². The molecule has 0 bridgehead atoms. The Balaban J connectivity index is 0.00000392. The van der Waals surface area contributed by atoms with Gasteiger partial charge in [0.05, 0.1) is 6.26 Å². The number of aliphatic imine (C=N–C) groups is 1. The maximum absolute atomic E-state index is 11.6. The molecule has 0 saturated carbocycles. The monoisotopic (exact) mass is 543 g/mol. The molecule has 0 aromatic heterocycles. The molecule has 0 spiro atoms. The van der Waals surface area contributed by atoms with Gasteiger partial charge in [0.2, 0.25) is 10.0 Å². The van der Waals surface area contributed by atoms with Crippen LogP contribution in [0.25, 0.3) is 0 Å². The van der Waals surface area contributed by atoms with Crippen molar-refractivity contribution in [2.45, 2.75) is 13.3 Å². The first-order chi connectivity index (χ1) is 12.8. The molecule has 1 N–H and O–H groups in total. The standard InChI is InChI=1S/C18H30ClN5O2S.HI/c1-4-24(27(3,25)26)10-6-9-21-18(20-2)23-13-11-22(12-14-23)17-8-5-7-16(19)15-17;/h5,7-8,15H,4,6,9-14H2,1-3H3,(H,20,21);1H.